The average molecular weight is 281 g/mol. The molecule has 0 aliphatic heterocycles. The molecule has 1 N–H and O–H groups in total. The van der Waals surface area contributed by atoms with Gasteiger partial charge in [-0.1, -0.05) is 6.07 Å². The second kappa shape index (κ2) is 5.79. The summed E-state index contributed by atoms with van der Waals surface area (Å²) in [6.45, 7) is 2.59. The molecule has 0 fully saturated rings. The fraction of sp³-hybridized carbons (Fsp3) is 0.118. The number of benzene rings is 2. The Hall–Kier alpha value is -2.62. The number of hydrogen-bond acceptors (Lipinski definition) is 2. The van der Waals surface area contributed by atoms with Crippen LogP contribution in [0.1, 0.15) is 11.1 Å². The largest absolute Gasteiger partial charge is 0.381 e. The summed E-state index contributed by atoms with van der Waals surface area (Å²) in [5, 5.41) is 7.49. The molecule has 0 atom stereocenters. The topological polar surface area (TPSA) is 29.9 Å². The Balaban J connectivity index is 1.70. The van der Waals surface area contributed by atoms with Crippen molar-refractivity contribution in [3.8, 4) is 5.69 Å². The highest BCUT2D eigenvalue weighted by Gasteiger charge is 2.01. The maximum Gasteiger partial charge on any atom is 0.123 e. The van der Waals surface area contributed by atoms with Crippen LogP contribution in [-0.2, 0) is 6.54 Å². The van der Waals surface area contributed by atoms with E-state index in [2.05, 4.69) is 10.4 Å². The molecule has 0 radical (unpaired) electrons. The Morgan fingerprint density at radius 3 is 2.67 bits per heavy atom. The fourth-order valence-electron chi connectivity index (χ4n) is 2.18. The van der Waals surface area contributed by atoms with Gasteiger partial charge in [0, 0.05) is 24.6 Å². The van der Waals surface area contributed by atoms with Gasteiger partial charge in [0.1, 0.15) is 5.82 Å². The second-order valence-corrected chi connectivity index (χ2v) is 4.92. The van der Waals surface area contributed by atoms with E-state index in [-0.39, 0.29) is 5.82 Å². The monoisotopic (exact) mass is 281 g/mol. The molecule has 0 saturated carbocycles. The van der Waals surface area contributed by atoms with Crippen LogP contribution in [0.25, 0.3) is 5.69 Å². The third kappa shape index (κ3) is 3.11. The minimum atomic E-state index is -0.202. The number of aromatic nitrogens is 2. The summed E-state index contributed by atoms with van der Waals surface area (Å²) in [4.78, 5) is 0. The number of halogens is 1. The smallest absolute Gasteiger partial charge is 0.123 e. The lowest BCUT2D eigenvalue weighted by molar-refractivity contribution is 0.625. The molecule has 0 saturated heterocycles. The van der Waals surface area contributed by atoms with Crippen LogP contribution in [-0.4, -0.2) is 9.78 Å². The molecule has 4 heteroatoms. The Labute approximate surface area is 123 Å². The van der Waals surface area contributed by atoms with Crippen molar-refractivity contribution < 1.29 is 4.39 Å². The average Bonchev–Trinajstić information content (AvgIpc) is 3.03. The Morgan fingerprint density at radius 2 is 1.95 bits per heavy atom. The van der Waals surface area contributed by atoms with Gasteiger partial charge in [-0.25, -0.2) is 9.07 Å². The zero-order valence-corrected chi connectivity index (χ0v) is 11.8. The standard InChI is InChI=1S/C17H16FN3/c1-13-3-4-15(18)11-14(13)12-19-16-5-7-17(8-6-16)21-10-2-9-20-21/h2-11,19H,12H2,1H3. The minimum Gasteiger partial charge on any atom is -0.381 e. The van der Waals surface area contributed by atoms with Gasteiger partial charge in [-0.3, -0.25) is 0 Å². The molecule has 0 amide bonds. The van der Waals surface area contributed by atoms with Gasteiger partial charge < -0.3 is 5.32 Å². The van der Waals surface area contributed by atoms with Crippen molar-refractivity contribution in [1.29, 1.82) is 0 Å². The number of nitrogens with one attached hydrogen (secondary N) is 1. The summed E-state index contributed by atoms with van der Waals surface area (Å²) in [6.07, 6.45) is 3.65. The lowest BCUT2D eigenvalue weighted by Crippen LogP contribution is -2.02. The maximum atomic E-state index is 13.2. The van der Waals surface area contributed by atoms with Crippen LogP contribution in [0.3, 0.4) is 0 Å². The Kier molecular flexibility index (Phi) is 3.69. The first kappa shape index (κ1) is 13.4. The van der Waals surface area contributed by atoms with Crippen molar-refractivity contribution in [2.45, 2.75) is 13.5 Å². The van der Waals surface area contributed by atoms with Gasteiger partial charge in [-0.05, 0) is 60.5 Å². The van der Waals surface area contributed by atoms with Gasteiger partial charge >= 0.3 is 0 Å². The van der Waals surface area contributed by atoms with Crippen LogP contribution in [0.4, 0.5) is 10.1 Å². The lowest BCUT2D eigenvalue weighted by Gasteiger charge is -2.10. The molecule has 3 rings (SSSR count). The van der Waals surface area contributed by atoms with Gasteiger partial charge in [-0.2, -0.15) is 5.10 Å². The third-order valence-electron chi connectivity index (χ3n) is 3.43. The first-order valence-electron chi connectivity index (χ1n) is 6.81. The minimum absolute atomic E-state index is 0.202. The maximum absolute atomic E-state index is 13.2. The van der Waals surface area contributed by atoms with E-state index in [1.165, 1.54) is 6.07 Å². The summed E-state index contributed by atoms with van der Waals surface area (Å²) in [6, 6.07) is 14.7. The molecule has 1 heterocycles. The summed E-state index contributed by atoms with van der Waals surface area (Å²) >= 11 is 0. The number of aryl methyl sites for hydroxylation is 1. The highest BCUT2D eigenvalue weighted by atomic mass is 19.1. The molecule has 0 bridgehead atoms. The van der Waals surface area contributed by atoms with Gasteiger partial charge in [0.2, 0.25) is 0 Å². The molecule has 3 nitrogen and oxygen atoms in total. The molecular formula is C17H16FN3. The highest BCUT2D eigenvalue weighted by Crippen LogP contribution is 2.16. The predicted octanol–water partition coefficient (Wildman–Crippen LogP) is 3.93. The molecule has 3 aromatic rings. The first-order chi connectivity index (χ1) is 10.2. The zero-order chi connectivity index (χ0) is 14.7. The van der Waals surface area contributed by atoms with Crippen molar-refractivity contribution in [2.75, 3.05) is 5.32 Å². The fourth-order valence-corrected chi connectivity index (χ4v) is 2.18. The number of nitrogens with zero attached hydrogens (tertiary/aromatic N) is 2. The lowest BCUT2D eigenvalue weighted by atomic mass is 10.1. The summed E-state index contributed by atoms with van der Waals surface area (Å²) in [7, 11) is 0. The van der Waals surface area contributed by atoms with Crippen molar-refractivity contribution in [1.82, 2.24) is 9.78 Å². The summed E-state index contributed by atoms with van der Waals surface area (Å²) in [5.41, 5.74) is 4.05. The van der Waals surface area contributed by atoms with Crippen LogP contribution in [0.2, 0.25) is 0 Å². The molecule has 1 aromatic heterocycles. The van der Waals surface area contributed by atoms with E-state index in [4.69, 9.17) is 0 Å². The molecule has 106 valence electrons. The van der Waals surface area contributed by atoms with E-state index in [0.29, 0.717) is 6.54 Å². The van der Waals surface area contributed by atoms with Crippen LogP contribution in [0.5, 0.6) is 0 Å². The van der Waals surface area contributed by atoms with Gasteiger partial charge in [0.05, 0.1) is 5.69 Å². The normalized spacial score (nSPS) is 10.6. The molecule has 0 unspecified atom stereocenters. The van der Waals surface area contributed by atoms with Crippen LogP contribution >= 0.6 is 0 Å². The van der Waals surface area contributed by atoms with Crippen LogP contribution in [0.15, 0.2) is 60.9 Å². The molecule has 2 aromatic carbocycles. The Morgan fingerprint density at radius 1 is 1.14 bits per heavy atom. The van der Waals surface area contributed by atoms with E-state index in [1.54, 1.807) is 23.0 Å². The zero-order valence-electron chi connectivity index (χ0n) is 11.8. The van der Waals surface area contributed by atoms with Gasteiger partial charge in [-0.15, -0.1) is 0 Å². The number of anilines is 1. The van der Waals surface area contributed by atoms with E-state index >= 15 is 0 Å². The first-order valence-corrected chi connectivity index (χ1v) is 6.81. The molecule has 0 aliphatic rings. The van der Waals surface area contributed by atoms with Crippen LogP contribution in [0, 0.1) is 12.7 Å². The molecule has 0 aliphatic carbocycles. The molecule has 21 heavy (non-hydrogen) atoms. The summed E-state index contributed by atoms with van der Waals surface area (Å²) < 4.78 is 15.1. The van der Waals surface area contributed by atoms with Gasteiger partial charge in [0.15, 0.2) is 0 Å². The quantitative estimate of drug-likeness (QED) is 0.785. The Bertz CT molecular complexity index is 718. The molecular weight excluding hydrogens is 265 g/mol. The molecule has 0 spiro atoms. The highest BCUT2D eigenvalue weighted by molar-refractivity contribution is 5.49. The van der Waals surface area contributed by atoms with E-state index in [1.807, 2.05) is 43.5 Å². The van der Waals surface area contributed by atoms with Crippen LogP contribution < -0.4 is 5.32 Å². The van der Waals surface area contributed by atoms with E-state index in [9.17, 15) is 4.39 Å². The van der Waals surface area contributed by atoms with Crippen molar-refractivity contribution >= 4 is 5.69 Å². The van der Waals surface area contributed by atoms with E-state index in [0.717, 1.165) is 22.5 Å². The predicted molar refractivity (Wildman–Crippen MR) is 82.0 cm³/mol. The number of hydrogen-bond donors (Lipinski definition) is 1. The second-order valence-electron chi connectivity index (χ2n) is 4.92. The number of rotatable bonds is 4. The van der Waals surface area contributed by atoms with Crippen molar-refractivity contribution in [3.05, 3.63) is 77.9 Å². The van der Waals surface area contributed by atoms with Crippen molar-refractivity contribution in [3.63, 3.8) is 0 Å². The van der Waals surface area contributed by atoms with Crippen molar-refractivity contribution in [2.24, 2.45) is 0 Å². The van der Waals surface area contributed by atoms with E-state index < -0.39 is 0 Å². The third-order valence-corrected chi connectivity index (χ3v) is 3.43. The SMILES string of the molecule is Cc1ccc(F)cc1CNc1ccc(-n2cccn2)cc1. The summed E-state index contributed by atoms with van der Waals surface area (Å²) in [5.74, 6) is -0.202. The van der Waals surface area contributed by atoms with Gasteiger partial charge in [0.25, 0.3) is 0 Å².